The molecule has 4 nitrogen and oxygen atoms in total. The summed E-state index contributed by atoms with van der Waals surface area (Å²) >= 11 is 0. The number of hydrogen-bond acceptors (Lipinski definition) is 3. The van der Waals surface area contributed by atoms with Crippen molar-refractivity contribution in [2.45, 2.75) is 38.0 Å². The van der Waals surface area contributed by atoms with Gasteiger partial charge in [0.05, 0.1) is 12.7 Å². The minimum Gasteiger partial charge on any atom is -0.373 e. The summed E-state index contributed by atoms with van der Waals surface area (Å²) in [6, 6.07) is 7.48. The molecule has 0 spiro atoms. The van der Waals surface area contributed by atoms with E-state index in [9.17, 15) is 4.79 Å². The van der Waals surface area contributed by atoms with Crippen LogP contribution in [0.4, 0.5) is 0 Å². The van der Waals surface area contributed by atoms with E-state index in [0.29, 0.717) is 12.2 Å². The normalized spacial score (nSPS) is 23.8. The van der Waals surface area contributed by atoms with Crippen molar-refractivity contribution in [3.8, 4) is 0 Å². The summed E-state index contributed by atoms with van der Waals surface area (Å²) in [7, 11) is 0. The Bertz CT molecular complexity index is 389. The van der Waals surface area contributed by atoms with Crippen LogP contribution in [0.25, 0.3) is 0 Å². The molecule has 0 bridgehead atoms. The Morgan fingerprint density at radius 2 is 2.00 bits per heavy atom. The number of hydrogen-bond donors (Lipinski definition) is 2. The van der Waals surface area contributed by atoms with E-state index in [1.54, 1.807) is 12.1 Å². The van der Waals surface area contributed by atoms with Gasteiger partial charge in [0.25, 0.3) is 0 Å². The Morgan fingerprint density at radius 3 is 2.53 bits per heavy atom. The third-order valence-electron chi connectivity index (χ3n) is 3.15. The van der Waals surface area contributed by atoms with E-state index in [0.717, 1.165) is 24.8 Å². The van der Waals surface area contributed by atoms with Crippen LogP contribution in [0.1, 0.15) is 35.2 Å². The maximum Gasteiger partial charge on any atom is 0.248 e. The van der Waals surface area contributed by atoms with Crippen LogP contribution in [0, 0.1) is 0 Å². The van der Waals surface area contributed by atoms with Crippen LogP contribution >= 0.6 is 0 Å². The van der Waals surface area contributed by atoms with Gasteiger partial charge in [-0.1, -0.05) is 12.1 Å². The fourth-order valence-corrected chi connectivity index (χ4v) is 2.10. The molecule has 0 aliphatic heterocycles. The molecule has 1 aromatic rings. The monoisotopic (exact) mass is 234 g/mol. The van der Waals surface area contributed by atoms with E-state index in [1.165, 1.54) is 0 Å². The summed E-state index contributed by atoms with van der Waals surface area (Å²) in [4.78, 5) is 10.9. The smallest absolute Gasteiger partial charge is 0.248 e. The van der Waals surface area contributed by atoms with Crippen molar-refractivity contribution in [2.24, 2.45) is 11.5 Å². The zero-order valence-electron chi connectivity index (χ0n) is 9.76. The zero-order chi connectivity index (χ0) is 12.3. The molecule has 2 unspecified atom stereocenters. The summed E-state index contributed by atoms with van der Waals surface area (Å²) in [5.74, 6) is -0.403. The third kappa shape index (κ3) is 3.28. The molecule has 2 atom stereocenters. The van der Waals surface area contributed by atoms with Crippen molar-refractivity contribution in [3.63, 3.8) is 0 Å². The van der Waals surface area contributed by atoms with E-state index in [-0.39, 0.29) is 12.1 Å². The molecule has 1 aliphatic carbocycles. The van der Waals surface area contributed by atoms with Crippen LogP contribution < -0.4 is 11.5 Å². The Labute approximate surface area is 101 Å². The van der Waals surface area contributed by atoms with Crippen molar-refractivity contribution in [3.05, 3.63) is 35.4 Å². The Balaban J connectivity index is 1.85. The van der Waals surface area contributed by atoms with Gasteiger partial charge in [0.1, 0.15) is 0 Å². The number of primary amides is 1. The lowest BCUT2D eigenvalue weighted by Gasteiger charge is -2.11. The third-order valence-corrected chi connectivity index (χ3v) is 3.15. The van der Waals surface area contributed by atoms with Gasteiger partial charge < -0.3 is 16.2 Å². The molecule has 2 rings (SSSR count). The number of benzene rings is 1. The lowest BCUT2D eigenvalue weighted by Crippen LogP contribution is -2.17. The lowest BCUT2D eigenvalue weighted by atomic mass is 10.1. The molecule has 1 aromatic carbocycles. The van der Waals surface area contributed by atoms with E-state index >= 15 is 0 Å². The summed E-state index contributed by atoms with van der Waals surface area (Å²) in [6.45, 7) is 0.566. The molecule has 1 saturated carbocycles. The quantitative estimate of drug-likeness (QED) is 0.821. The topological polar surface area (TPSA) is 78.3 Å². The minimum atomic E-state index is -0.403. The summed E-state index contributed by atoms with van der Waals surface area (Å²) in [6.07, 6.45) is 3.31. The van der Waals surface area contributed by atoms with Gasteiger partial charge in [0, 0.05) is 11.6 Å². The SMILES string of the molecule is NC(=O)c1ccc(COC2CCC(N)C2)cc1. The van der Waals surface area contributed by atoms with Gasteiger partial charge in [-0.3, -0.25) is 4.79 Å². The molecule has 0 heterocycles. The first kappa shape index (κ1) is 12.1. The number of rotatable bonds is 4. The van der Waals surface area contributed by atoms with Crippen molar-refractivity contribution in [2.75, 3.05) is 0 Å². The highest BCUT2D eigenvalue weighted by Gasteiger charge is 2.21. The summed E-state index contributed by atoms with van der Waals surface area (Å²) in [5.41, 5.74) is 12.6. The summed E-state index contributed by atoms with van der Waals surface area (Å²) in [5, 5.41) is 0. The zero-order valence-corrected chi connectivity index (χ0v) is 9.76. The second kappa shape index (κ2) is 5.29. The minimum absolute atomic E-state index is 0.279. The number of amides is 1. The highest BCUT2D eigenvalue weighted by Crippen LogP contribution is 2.21. The molecule has 0 aromatic heterocycles. The second-order valence-electron chi connectivity index (χ2n) is 4.57. The van der Waals surface area contributed by atoms with Crippen LogP contribution in [0.3, 0.4) is 0 Å². The molecule has 92 valence electrons. The highest BCUT2D eigenvalue weighted by atomic mass is 16.5. The van der Waals surface area contributed by atoms with Gasteiger partial charge in [0.2, 0.25) is 5.91 Å². The molecule has 0 radical (unpaired) electrons. The number of nitrogens with two attached hydrogens (primary N) is 2. The Hall–Kier alpha value is -1.39. The van der Waals surface area contributed by atoms with Crippen molar-refractivity contribution < 1.29 is 9.53 Å². The summed E-state index contributed by atoms with van der Waals surface area (Å²) < 4.78 is 5.76. The van der Waals surface area contributed by atoms with Gasteiger partial charge in [-0.25, -0.2) is 0 Å². The van der Waals surface area contributed by atoms with Gasteiger partial charge in [-0.15, -0.1) is 0 Å². The standard InChI is InChI=1S/C13H18N2O2/c14-11-5-6-12(7-11)17-8-9-1-3-10(4-2-9)13(15)16/h1-4,11-12H,5-8,14H2,(H2,15,16). The van der Waals surface area contributed by atoms with E-state index in [1.807, 2.05) is 12.1 Å². The molecule has 0 saturated heterocycles. The maximum atomic E-state index is 10.9. The maximum absolute atomic E-state index is 10.9. The highest BCUT2D eigenvalue weighted by molar-refractivity contribution is 5.92. The van der Waals surface area contributed by atoms with Crippen LogP contribution in [0.5, 0.6) is 0 Å². The molecule has 4 heteroatoms. The van der Waals surface area contributed by atoms with Gasteiger partial charge >= 0.3 is 0 Å². The molecule has 1 fully saturated rings. The van der Waals surface area contributed by atoms with Crippen molar-refractivity contribution >= 4 is 5.91 Å². The Morgan fingerprint density at radius 1 is 1.29 bits per heavy atom. The molecule has 17 heavy (non-hydrogen) atoms. The average molecular weight is 234 g/mol. The van der Waals surface area contributed by atoms with Crippen LogP contribution in [-0.4, -0.2) is 18.1 Å². The fourth-order valence-electron chi connectivity index (χ4n) is 2.10. The fraction of sp³-hybridized carbons (Fsp3) is 0.462. The first-order valence-corrected chi connectivity index (χ1v) is 5.91. The molecule has 1 amide bonds. The second-order valence-corrected chi connectivity index (χ2v) is 4.57. The predicted molar refractivity (Wildman–Crippen MR) is 65.4 cm³/mol. The molecule has 1 aliphatic rings. The van der Waals surface area contributed by atoms with Gasteiger partial charge in [-0.05, 0) is 37.0 Å². The van der Waals surface area contributed by atoms with Crippen molar-refractivity contribution in [1.29, 1.82) is 0 Å². The number of ether oxygens (including phenoxy) is 1. The Kier molecular flexibility index (Phi) is 3.76. The predicted octanol–water partition coefficient (Wildman–Crippen LogP) is 1.18. The number of carbonyl (C=O) groups is 1. The van der Waals surface area contributed by atoms with E-state index < -0.39 is 5.91 Å². The molecular formula is C13H18N2O2. The number of carbonyl (C=O) groups excluding carboxylic acids is 1. The van der Waals surface area contributed by atoms with E-state index in [2.05, 4.69) is 0 Å². The molecular weight excluding hydrogens is 216 g/mol. The first-order valence-electron chi connectivity index (χ1n) is 5.91. The molecule has 4 N–H and O–H groups in total. The lowest BCUT2D eigenvalue weighted by molar-refractivity contribution is 0.0448. The van der Waals surface area contributed by atoms with Gasteiger partial charge in [-0.2, -0.15) is 0 Å². The first-order chi connectivity index (χ1) is 8.15. The van der Waals surface area contributed by atoms with Gasteiger partial charge in [0.15, 0.2) is 0 Å². The van der Waals surface area contributed by atoms with E-state index in [4.69, 9.17) is 16.2 Å². The van der Waals surface area contributed by atoms with Crippen molar-refractivity contribution in [1.82, 2.24) is 0 Å². The van der Waals surface area contributed by atoms with Crippen LogP contribution in [0.15, 0.2) is 24.3 Å². The average Bonchev–Trinajstić information content (AvgIpc) is 2.73. The largest absolute Gasteiger partial charge is 0.373 e. The van der Waals surface area contributed by atoms with Crippen LogP contribution in [-0.2, 0) is 11.3 Å². The van der Waals surface area contributed by atoms with Crippen LogP contribution in [0.2, 0.25) is 0 Å².